The molecule has 28 heavy (non-hydrogen) atoms. The van der Waals surface area contributed by atoms with Gasteiger partial charge in [-0.3, -0.25) is 9.59 Å². The Bertz CT molecular complexity index is 985. The van der Waals surface area contributed by atoms with Crippen LogP contribution in [0.2, 0.25) is 0 Å². The highest BCUT2D eigenvalue weighted by atomic mass is 32.2. The lowest BCUT2D eigenvalue weighted by Gasteiger charge is -2.26. The zero-order chi connectivity index (χ0) is 20.1. The Morgan fingerprint density at radius 3 is 2.29 bits per heavy atom. The van der Waals surface area contributed by atoms with Crippen LogP contribution in [0.5, 0.6) is 0 Å². The molecule has 0 aliphatic carbocycles. The molecular weight excluding hydrogens is 382 g/mol. The summed E-state index contributed by atoms with van der Waals surface area (Å²) in [6.07, 6.45) is 0. The highest BCUT2D eigenvalue weighted by molar-refractivity contribution is 7.89. The van der Waals surface area contributed by atoms with Gasteiger partial charge in [-0.1, -0.05) is 12.1 Å². The number of carbonyl (C=O) groups excluding carboxylic acids is 2. The summed E-state index contributed by atoms with van der Waals surface area (Å²) < 4.78 is 32.1. The molecule has 2 aromatic rings. The SMILES string of the molecule is CC(=O)Nc1cccc(NC(=O)c2cccc(S(=O)(=O)N3CCOCC3)c2)c1. The fraction of sp³-hybridized carbons (Fsp3) is 0.263. The third kappa shape index (κ3) is 4.75. The summed E-state index contributed by atoms with van der Waals surface area (Å²) in [5.41, 5.74) is 1.26. The van der Waals surface area contributed by atoms with Crippen molar-refractivity contribution >= 4 is 33.2 Å². The van der Waals surface area contributed by atoms with Gasteiger partial charge >= 0.3 is 0 Å². The Balaban J connectivity index is 1.78. The van der Waals surface area contributed by atoms with E-state index in [2.05, 4.69) is 10.6 Å². The van der Waals surface area contributed by atoms with Crippen LogP contribution in [0.1, 0.15) is 17.3 Å². The smallest absolute Gasteiger partial charge is 0.255 e. The highest BCUT2D eigenvalue weighted by Crippen LogP contribution is 2.20. The summed E-state index contributed by atoms with van der Waals surface area (Å²) in [7, 11) is -3.69. The molecule has 0 unspecified atom stereocenters. The molecule has 0 bridgehead atoms. The van der Waals surface area contributed by atoms with Gasteiger partial charge in [-0.25, -0.2) is 8.42 Å². The lowest BCUT2D eigenvalue weighted by Crippen LogP contribution is -2.40. The molecule has 1 saturated heterocycles. The van der Waals surface area contributed by atoms with E-state index in [4.69, 9.17) is 4.74 Å². The Morgan fingerprint density at radius 2 is 1.61 bits per heavy atom. The zero-order valence-corrected chi connectivity index (χ0v) is 16.2. The maximum Gasteiger partial charge on any atom is 0.255 e. The first-order chi connectivity index (χ1) is 13.4. The Kier molecular flexibility index (Phi) is 6.08. The molecule has 2 N–H and O–H groups in total. The van der Waals surface area contributed by atoms with Crippen LogP contribution >= 0.6 is 0 Å². The molecule has 3 rings (SSSR count). The topological polar surface area (TPSA) is 105 Å². The van der Waals surface area contributed by atoms with Crippen LogP contribution in [0.15, 0.2) is 53.4 Å². The van der Waals surface area contributed by atoms with Crippen LogP contribution in [-0.2, 0) is 19.6 Å². The molecule has 1 heterocycles. The Labute approximate surface area is 163 Å². The minimum atomic E-state index is -3.69. The molecule has 148 valence electrons. The predicted octanol–water partition coefficient (Wildman–Crippen LogP) is 1.92. The first kappa shape index (κ1) is 20.0. The molecule has 2 amide bonds. The van der Waals surface area contributed by atoms with E-state index < -0.39 is 15.9 Å². The summed E-state index contributed by atoms with van der Waals surface area (Å²) in [5, 5.41) is 5.35. The van der Waals surface area contributed by atoms with Crippen LogP contribution in [0, 0.1) is 0 Å². The van der Waals surface area contributed by atoms with E-state index in [1.165, 1.54) is 29.4 Å². The molecule has 0 spiro atoms. The second kappa shape index (κ2) is 8.51. The average molecular weight is 403 g/mol. The number of anilines is 2. The first-order valence-corrected chi connectivity index (χ1v) is 10.2. The summed E-state index contributed by atoms with van der Waals surface area (Å²) in [6.45, 7) is 2.67. The molecule has 9 heteroatoms. The lowest BCUT2D eigenvalue weighted by atomic mass is 10.2. The predicted molar refractivity (Wildman–Crippen MR) is 105 cm³/mol. The minimum absolute atomic E-state index is 0.0639. The molecule has 2 aromatic carbocycles. The number of morpholine rings is 1. The van der Waals surface area contributed by atoms with E-state index in [0.29, 0.717) is 24.6 Å². The lowest BCUT2D eigenvalue weighted by molar-refractivity contribution is -0.114. The molecule has 0 aromatic heterocycles. The van der Waals surface area contributed by atoms with E-state index in [-0.39, 0.29) is 29.5 Å². The van der Waals surface area contributed by atoms with Crippen LogP contribution in [0.4, 0.5) is 11.4 Å². The summed E-state index contributed by atoms with van der Waals surface area (Å²) in [5.74, 6) is -0.663. The molecule has 0 radical (unpaired) electrons. The number of hydrogen-bond acceptors (Lipinski definition) is 5. The number of nitrogens with one attached hydrogen (secondary N) is 2. The molecule has 1 fully saturated rings. The number of carbonyl (C=O) groups is 2. The molecule has 1 aliphatic heterocycles. The van der Waals surface area contributed by atoms with Crippen LogP contribution in [-0.4, -0.2) is 50.8 Å². The van der Waals surface area contributed by atoms with E-state index in [1.807, 2.05) is 0 Å². The third-order valence-corrected chi connectivity index (χ3v) is 6.04. The van der Waals surface area contributed by atoms with Gasteiger partial charge in [0.15, 0.2) is 0 Å². The molecular formula is C19H21N3O5S. The van der Waals surface area contributed by atoms with Crippen molar-refractivity contribution in [2.45, 2.75) is 11.8 Å². The van der Waals surface area contributed by atoms with Gasteiger partial charge in [0.2, 0.25) is 15.9 Å². The Hall–Kier alpha value is -2.75. The van der Waals surface area contributed by atoms with Gasteiger partial charge < -0.3 is 15.4 Å². The second-order valence-corrected chi connectivity index (χ2v) is 8.20. The highest BCUT2D eigenvalue weighted by Gasteiger charge is 2.26. The monoisotopic (exact) mass is 403 g/mol. The van der Waals surface area contributed by atoms with Crippen molar-refractivity contribution in [1.29, 1.82) is 0 Å². The van der Waals surface area contributed by atoms with Crippen molar-refractivity contribution in [3.63, 3.8) is 0 Å². The number of benzene rings is 2. The van der Waals surface area contributed by atoms with Gasteiger partial charge in [0.1, 0.15) is 0 Å². The van der Waals surface area contributed by atoms with Crippen molar-refractivity contribution in [2.75, 3.05) is 36.9 Å². The fourth-order valence-electron chi connectivity index (χ4n) is 2.82. The quantitative estimate of drug-likeness (QED) is 0.794. The number of hydrogen-bond donors (Lipinski definition) is 2. The van der Waals surface area contributed by atoms with E-state index in [0.717, 1.165) is 0 Å². The standard InChI is InChI=1S/C19H21N3O5S/c1-14(23)20-16-5-3-6-17(13-16)21-19(24)15-4-2-7-18(12-15)28(25,26)22-8-10-27-11-9-22/h2-7,12-13H,8-11H2,1H3,(H,20,23)(H,21,24). The van der Waals surface area contributed by atoms with Crippen molar-refractivity contribution in [3.8, 4) is 0 Å². The zero-order valence-electron chi connectivity index (χ0n) is 15.3. The van der Waals surface area contributed by atoms with Gasteiger partial charge in [-0.2, -0.15) is 4.31 Å². The normalized spacial score (nSPS) is 15.0. The maximum atomic E-state index is 12.8. The van der Waals surface area contributed by atoms with Crippen LogP contribution in [0.3, 0.4) is 0 Å². The van der Waals surface area contributed by atoms with Crippen molar-refractivity contribution in [1.82, 2.24) is 4.31 Å². The fourth-order valence-corrected chi connectivity index (χ4v) is 4.27. The number of amides is 2. The van der Waals surface area contributed by atoms with E-state index >= 15 is 0 Å². The summed E-state index contributed by atoms with van der Waals surface area (Å²) in [6, 6.07) is 12.6. The van der Waals surface area contributed by atoms with Gasteiger partial charge in [0.05, 0.1) is 18.1 Å². The number of nitrogens with zero attached hydrogens (tertiary/aromatic N) is 1. The summed E-state index contributed by atoms with van der Waals surface area (Å²) in [4.78, 5) is 23.8. The van der Waals surface area contributed by atoms with E-state index in [9.17, 15) is 18.0 Å². The second-order valence-electron chi connectivity index (χ2n) is 6.26. The van der Waals surface area contributed by atoms with Crippen molar-refractivity contribution in [3.05, 3.63) is 54.1 Å². The van der Waals surface area contributed by atoms with Crippen molar-refractivity contribution < 1.29 is 22.7 Å². The number of rotatable bonds is 5. The molecule has 0 atom stereocenters. The van der Waals surface area contributed by atoms with Crippen LogP contribution < -0.4 is 10.6 Å². The van der Waals surface area contributed by atoms with Gasteiger partial charge in [-0.05, 0) is 36.4 Å². The number of sulfonamides is 1. The van der Waals surface area contributed by atoms with Crippen LogP contribution in [0.25, 0.3) is 0 Å². The third-order valence-electron chi connectivity index (χ3n) is 4.14. The summed E-state index contributed by atoms with van der Waals surface area (Å²) >= 11 is 0. The first-order valence-electron chi connectivity index (χ1n) is 8.73. The largest absolute Gasteiger partial charge is 0.379 e. The van der Waals surface area contributed by atoms with Gasteiger partial charge in [0, 0.05) is 37.0 Å². The van der Waals surface area contributed by atoms with Gasteiger partial charge in [-0.15, -0.1) is 0 Å². The molecule has 0 saturated carbocycles. The maximum absolute atomic E-state index is 12.8. The molecule has 1 aliphatic rings. The Morgan fingerprint density at radius 1 is 0.964 bits per heavy atom. The number of ether oxygens (including phenoxy) is 1. The average Bonchev–Trinajstić information content (AvgIpc) is 2.68. The van der Waals surface area contributed by atoms with Gasteiger partial charge in [0.25, 0.3) is 5.91 Å². The minimum Gasteiger partial charge on any atom is -0.379 e. The van der Waals surface area contributed by atoms with Crippen molar-refractivity contribution in [2.24, 2.45) is 0 Å². The molecule has 8 nitrogen and oxygen atoms in total. The van der Waals surface area contributed by atoms with E-state index in [1.54, 1.807) is 30.3 Å².